The molecule has 3 aromatic carbocycles. The highest BCUT2D eigenvalue weighted by Gasteiger charge is 2.10. The molecule has 0 bridgehead atoms. The standard InChI is InChI=1S/C31H34N6O2/c38-30(32-19-7-23-37-21-5-2-6-22-37)24-10-12-26(13-11-24)35-31-33-20-18-29(36-31)34-25-14-16-28(17-15-25)39-27-8-3-1-4-9-27/h1,3-4,8-18,20H,2,5-7,19,21-23H2,(H,32,38)(H2,33,34,35,36). The highest BCUT2D eigenvalue weighted by atomic mass is 16.5. The average molecular weight is 523 g/mol. The lowest BCUT2D eigenvalue weighted by atomic mass is 10.1. The summed E-state index contributed by atoms with van der Waals surface area (Å²) in [5.74, 6) is 2.61. The predicted octanol–water partition coefficient (Wildman–Crippen LogP) is 6.36. The molecule has 0 saturated carbocycles. The van der Waals surface area contributed by atoms with Gasteiger partial charge in [0.2, 0.25) is 5.95 Å². The van der Waals surface area contributed by atoms with Crippen LogP contribution in [0.25, 0.3) is 0 Å². The van der Waals surface area contributed by atoms with E-state index in [-0.39, 0.29) is 5.91 Å². The molecule has 0 unspecified atom stereocenters. The molecule has 2 heterocycles. The minimum Gasteiger partial charge on any atom is -0.457 e. The number of para-hydroxylation sites is 1. The molecule has 0 aliphatic carbocycles. The van der Waals surface area contributed by atoms with Crippen molar-refractivity contribution in [2.24, 2.45) is 0 Å². The summed E-state index contributed by atoms with van der Waals surface area (Å²) in [5, 5.41) is 9.52. The summed E-state index contributed by atoms with van der Waals surface area (Å²) in [6, 6.07) is 26.5. The van der Waals surface area contributed by atoms with E-state index in [1.54, 1.807) is 12.3 Å². The highest BCUT2D eigenvalue weighted by Crippen LogP contribution is 2.24. The van der Waals surface area contributed by atoms with E-state index in [1.807, 2.05) is 78.9 Å². The zero-order valence-electron chi connectivity index (χ0n) is 22.0. The number of likely N-dealkylation sites (tertiary alicyclic amines) is 1. The largest absolute Gasteiger partial charge is 0.457 e. The van der Waals surface area contributed by atoms with Crippen molar-refractivity contribution in [2.75, 3.05) is 36.8 Å². The van der Waals surface area contributed by atoms with Gasteiger partial charge in [0.05, 0.1) is 0 Å². The number of anilines is 4. The first kappa shape index (κ1) is 26.2. The van der Waals surface area contributed by atoms with Gasteiger partial charge in [-0.15, -0.1) is 0 Å². The van der Waals surface area contributed by atoms with Gasteiger partial charge in [-0.05, 0) is 106 Å². The van der Waals surface area contributed by atoms with Gasteiger partial charge >= 0.3 is 0 Å². The van der Waals surface area contributed by atoms with E-state index in [4.69, 9.17) is 4.74 Å². The van der Waals surface area contributed by atoms with Crippen LogP contribution in [0.15, 0.2) is 91.1 Å². The van der Waals surface area contributed by atoms with Crippen molar-refractivity contribution in [3.63, 3.8) is 0 Å². The molecule has 1 saturated heterocycles. The third kappa shape index (κ3) is 8.02. The number of amides is 1. The number of aromatic nitrogens is 2. The first-order valence-corrected chi connectivity index (χ1v) is 13.5. The Morgan fingerprint density at radius 3 is 2.26 bits per heavy atom. The average Bonchev–Trinajstić information content (AvgIpc) is 2.98. The number of ether oxygens (including phenoxy) is 1. The smallest absolute Gasteiger partial charge is 0.251 e. The van der Waals surface area contributed by atoms with Crippen molar-refractivity contribution in [2.45, 2.75) is 25.7 Å². The van der Waals surface area contributed by atoms with Crippen LogP contribution in [-0.2, 0) is 0 Å². The Balaban J connectivity index is 1.09. The van der Waals surface area contributed by atoms with Gasteiger partial charge in [0.1, 0.15) is 17.3 Å². The molecule has 1 aliphatic rings. The third-order valence-corrected chi connectivity index (χ3v) is 6.55. The van der Waals surface area contributed by atoms with Crippen LogP contribution in [0.1, 0.15) is 36.0 Å². The number of carbonyl (C=O) groups is 1. The summed E-state index contributed by atoms with van der Waals surface area (Å²) in [7, 11) is 0. The van der Waals surface area contributed by atoms with E-state index >= 15 is 0 Å². The molecular formula is C31H34N6O2. The van der Waals surface area contributed by atoms with E-state index in [0.29, 0.717) is 23.9 Å². The molecule has 1 aromatic heterocycles. The summed E-state index contributed by atoms with van der Waals surface area (Å²) >= 11 is 0. The summed E-state index contributed by atoms with van der Waals surface area (Å²) < 4.78 is 5.85. The molecule has 0 spiro atoms. The molecule has 1 amide bonds. The van der Waals surface area contributed by atoms with Crippen molar-refractivity contribution in [3.8, 4) is 11.5 Å². The maximum Gasteiger partial charge on any atom is 0.251 e. The quantitative estimate of drug-likeness (QED) is 0.197. The van der Waals surface area contributed by atoms with E-state index in [9.17, 15) is 4.79 Å². The van der Waals surface area contributed by atoms with Crippen LogP contribution in [0.2, 0.25) is 0 Å². The number of carbonyl (C=O) groups excluding carboxylic acids is 1. The lowest BCUT2D eigenvalue weighted by Gasteiger charge is -2.26. The Bertz CT molecular complexity index is 1320. The molecule has 8 heteroatoms. The number of hydrogen-bond donors (Lipinski definition) is 3. The second-order valence-corrected chi connectivity index (χ2v) is 9.54. The van der Waals surface area contributed by atoms with Gasteiger partial charge in [0, 0.05) is 29.7 Å². The molecule has 200 valence electrons. The SMILES string of the molecule is O=C(NCCCN1CCCCC1)c1ccc(Nc2nccc(Nc3ccc(Oc4ccccc4)cc3)n2)cc1. The second kappa shape index (κ2) is 13.4. The van der Waals surface area contributed by atoms with Crippen LogP contribution >= 0.6 is 0 Å². The van der Waals surface area contributed by atoms with E-state index in [1.165, 1.54) is 32.4 Å². The topological polar surface area (TPSA) is 91.4 Å². The third-order valence-electron chi connectivity index (χ3n) is 6.55. The summed E-state index contributed by atoms with van der Waals surface area (Å²) in [6.07, 6.45) is 6.58. The minimum absolute atomic E-state index is 0.0529. The van der Waals surface area contributed by atoms with Gasteiger partial charge < -0.3 is 25.6 Å². The fourth-order valence-electron chi connectivity index (χ4n) is 4.49. The number of benzene rings is 3. The Labute approximate surface area is 229 Å². The van der Waals surface area contributed by atoms with Gasteiger partial charge in [-0.2, -0.15) is 4.98 Å². The Kier molecular flexibility index (Phi) is 8.99. The molecule has 39 heavy (non-hydrogen) atoms. The zero-order chi connectivity index (χ0) is 26.7. The van der Waals surface area contributed by atoms with Crippen LogP contribution in [0, 0.1) is 0 Å². The van der Waals surface area contributed by atoms with Gasteiger partial charge in [0.15, 0.2) is 0 Å². The molecule has 1 aliphatic heterocycles. The van der Waals surface area contributed by atoms with E-state index in [0.717, 1.165) is 35.8 Å². The summed E-state index contributed by atoms with van der Waals surface area (Å²) in [5.41, 5.74) is 2.32. The summed E-state index contributed by atoms with van der Waals surface area (Å²) in [6.45, 7) is 4.10. The number of piperidine rings is 1. The van der Waals surface area contributed by atoms with Gasteiger partial charge in [-0.25, -0.2) is 4.98 Å². The van der Waals surface area contributed by atoms with Crippen molar-refractivity contribution in [3.05, 3.63) is 96.7 Å². The van der Waals surface area contributed by atoms with Crippen molar-refractivity contribution in [1.29, 1.82) is 0 Å². The van der Waals surface area contributed by atoms with Crippen LogP contribution in [-0.4, -0.2) is 47.0 Å². The molecular weight excluding hydrogens is 488 g/mol. The highest BCUT2D eigenvalue weighted by molar-refractivity contribution is 5.94. The Morgan fingerprint density at radius 1 is 0.795 bits per heavy atom. The minimum atomic E-state index is -0.0529. The maximum absolute atomic E-state index is 12.5. The number of nitrogens with zero attached hydrogens (tertiary/aromatic N) is 3. The number of hydrogen-bond acceptors (Lipinski definition) is 7. The molecule has 8 nitrogen and oxygen atoms in total. The Hall–Kier alpha value is -4.43. The van der Waals surface area contributed by atoms with Crippen LogP contribution in [0.3, 0.4) is 0 Å². The van der Waals surface area contributed by atoms with Crippen molar-refractivity contribution >= 4 is 29.0 Å². The Morgan fingerprint density at radius 2 is 1.49 bits per heavy atom. The van der Waals surface area contributed by atoms with Gasteiger partial charge in [-0.1, -0.05) is 24.6 Å². The van der Waals surface area contributed by atoms with Crippen LogP contribution < -0.4 is 20.7 Å². The number of rotatable bonds is 11. The van der Waals surface area contributed by atoms with E-state index < -0.39 is 0 Å². The zero-order valence-corrected chi connectivity index (χ0v) is 22.0. The molecule has 0 radical (unpaired) electrons. The van der Waals surface area contributed by atoms with Crippen LogP contribution in [0.4, 0.5) is 23.1 Å². The van der Waals surface area contributed by atoms with Gasteiger partial charge in [-0.3, -0.25) is 4.79 Å². The fourth-order valence-corrected chi connectivity index (χ4v) is 4.49. The monoisotopic (exact) mass is 522 g/mol. The molecule has 3 N–H and O–H groups in total. The second-order valence-electron chi connectivity index (χ2n) is 9.54. The first-order valence-electron chi connectivity index (χ1n) is 13.5. The predicted molar refractivity (Wildman–Crippen MR) is 155 cm³/mol. The fraction of sp³-hybridized carbons (Fsp3) is 0.258. The van der Waals surface area contributed by atoms with Crippen molar-refractivity contribution < 1.29 is 9.53 Å². The number of nitrogens with one attached hydrogen (secondary N) is 3. The van der Waals surface area contributed by atoms with E-state index in [2.05, 4.69) is 30.8 Å². The normalized spacial score (nSPS) is 13.4. The lowest BCUT2D eigenvalue weighted by molar-refractivity contribution is 0.0951. The molecule has 0 atom stereocenters. The van der Waals surface area contributed by atoms with Gasteiger partial charge in [0.25, 0.3) is 5.91 Å². The first-order chi connectivity index (χ1) is 19.2. The maximum atomic E-state index is 12.5. The summed E-state index contributed by atoms with van der Waals surface area (Å²) in [4.78, 5) is 23.9. The molecule has 1 fully saturated rings. The van der Waals surface area contributed by atoms with Crippen molar-refractivity contribution in [1.82, 2.24) is 20.2 Å². The lowest BCUT2D eigenvalue weighted by Crippen LogP contribution is -2.33. The van der Waals surface area contributed by atoms with Crippen LogP contribution in [0.5, 0.6) is 11.5 Å². The molecule has 5 rings (SSSR count). The molecule has 4 aromatic rings.